The molecule has 3 heteroatoms. The molecule has 2 heterocycles. The second kappa shape index (κ2) is 7.13. The first-order valence-electron chi connectivity index (χ1n) is 10.7. The summed E-state index contributed by atoms with van der Waals surface area (Å²) in [5, 5.41) is 2.37. The fourth-order valence-corrected chi connectivity index (χ4v) is 4.54. The van der Waals surface area contributed by atoms with Gasteiger partial charge in [-0.3, -0.25) is 0 Å². The molecule has 1 aliphatic rings. The Kier molecular flexibility index (Phi) is 4.13. The normalized spacial score (nSPS) is 12.9. The van der Waals surface area contributed by atoms with Crippen LogP contribution >= 0.6 is 0 Å². The highest BCUT2D eigenvalue weighted by Crippen LogP contribution is 2.49. The first-order chi connectivity index (χ1) is 15.3. The molecule has 1 aliphatic heterocycles. The minimum absolute atomic E-state index is 0.0806. The third-order valence-corrected chi connectivity index (χ3v) is 5.99. The maximum atomic E-state index is 6.45. The number of hydrogen-bond donors (Lipinski definition) is 0. The lowest BCUT2D eigenvalue weighted by Crippen LogP contribution is -2.11. The van der Waals surface area contributed by atoms with Crippen LogP contribution in [0.15, 0.2) is 95.4 Å². The van der Waals surface area contributed by atoms with Crippen molar-refractivity contribution in [2.45, 2.75) is 19.3 Å². The van der Waals surface area contributed by atoms with Crippen molar-refractivity contribution in [3.8, 4) is 22.8 Å². The van der Waals surface area contributed by atoms with Crippen LogP contribution < -0.4 is 4.74 Å². The van der Waals surface area contributed by atoms with Crippen molar-refractivity contribution in [2.75, 3.05) is 0 Å². The van der Waals surface area contributed by atoms with E-state index in [0.29, 0.717) is 0 Å². The highest BCUT2D eigenvalue weighted by atomic mass is 16.5. The topological polar surface area (TPSA) is 35.3 Å². The quantitative estimate of drug-likeness (QED) is 0.310. The van der Waals surface area contributed by atoms with Crippen LogP contribution in [0.2, 0.25) is 0 Å². The fourth-order valence-electron chi connectivity index (χ4n) is 4.54. The molecule has 0 amide bonds. The standard InChI is InChI=1S/C28H21NO2/c1-2-25-29-27(20-15-9-11-18-10-3-4-12-19(18)20)28(31-25)26-21-13-5-7-16-23(21)30-24-17-8-6-14-22(24)26/h3-17,26H,2H2,1H3. The second-order valence-electron chi connectivity index (χ2n) is 7.81. The van der Waals surface area contributed by atoms with Gasteiger partial charge < -0.3 is 9.15 Å². The molecular formula is C28H21NO2. The maximum Gasteiger partial charge on any atom is 0.194 e. The van der Waals surface area contributed by atoms with Crippen LogP contribution in [-0.4, -0.2) is 4.98 Å². The van der Waals surface area contributed by atoms with Crippen LogP contribution in [0.4, 0.5) is 0 Å². The molecule has 0 saturated carbocycles. The molecule has 150 valence electrons. The molecule has 4 aromatic carbocycles. The lowest BCUT2D eigenvalue weighted by molar-refractivity contribution is 0.419. The Labute approximate surface area is 181 Å². The minimum atomic E-state index is -0.0806. The predicted octanol–water partition coefficient (Wildman–Crippen LogP) is 7.34. The van der Waals surface area contributed by atoms with Gasteiger partial charge in [0.05, 0.1) is 5.92 Å². The largest absolute Gasteiger partial charge is 0.457 e. The van der Waals surface area contributed by atoms with Gasteiger partial charge in [-0.15, -0.1) is 0 Å². The first kappa shape index (κ1) is 18.0. The van der Waals surface area contributed by atoms with Crippen LogP contribution in [0.3, 0.4) is 0 Å². The van der Waals surface area contributed by atoms with Gasteiger partial charge in [0.2, 0.25) is 0 Å². The monoisotopic (exact) mass is 403 g/mol. The van der Waals surface area contributed by atoms with Gasteiger partial charge in [0.1, 0.15) is 23.0 Å². The van der Waals surface area contributed by atoms with Gasteiger partial charge in [0, 0.05) is 23.1 Å². The van der Waals surface area contributed by atoms with Gasteiger partial charge in [0.25, 0.3) is 0 Å². The van der Waals surface area contributed by atoms with Crippen molar-refractivity contribution in [2.24, 2.45) is 0 Å². The van der Waals surface area contributed by atoms with E-state index in [4.69, 9.17) is 14.1 Å². The first-order valence-corrected chi connectivity index (χ1v) is 10.7. The lowest BCUT2D eigenvalue weighted by Gasteiger charge is -2.27. The van der Waals surface area contributed by atoms with Crippen molar-refractivity contribution in [3.05, 3.63) is 114 Å². The summed E-state index contributed by atoms with van der Waals surface area (Å²) in [6, 6.07) is 31.2. The summed E-state index contributed by atoms with van der Waals surface area (Å²) < 4.78 is 12.7. The third kappa shape index (κ3) is 2.85. The maximum absolute atomic E-state index is 6.45. The average Bonchev–Trinajstić information content (AvgIpc) is 3.26. The molecule has 0 radical (unpaired) electrons. The van der Waals surface area contributed by atoms with E-state index in [2.05, 4.69) is 73.7 Å². The van der Waals surface area contributed by atoms with Gasteiger partial charge in [-0.1, -0.05) is 85.8 Å². The van der Waals surface area contributed by atoms with Crippen molar-refractivity contribution in [1.82, 2.24) is 4.98 Å². The van der Waals surface area contributed by atoms with Crippen LogP contribution in [-0.2, 0) is 6.42 Å². The molecule has 0 bridgehead atoms. The van der Waals surface area contributed by atoms with E-state index in [9.17, 15) is 0 Å². The lowest BCUT2D eigenvalue weighted by atomic mass is 9.84. The van der Waals surface area contributed by atoms with Crippen LogP contribution in [0, 0.1) is 0 Å². The van der Waals surface area contributed by atoms with Crippen LogP contribution in [0.25, 0.3) is 22.0 Å². The number of ether oxygens (including phenoxy) is 1. The highest BCUT2D eigenvalue weighted by Gasteiger charge is 2.34. The Morgan fingerprint density at radius 1 is 0.742 bits per heavy atom. The summed E-state index contributed by atoms with van der Waals surface area (Å²) in [4.78, 5) is 4.96. The van der Waals surface area contributed by atoms with Gasteiger partial charge in [-0.05, 0) is 22.9 Å². The van der Waals surface area contributed by atoms with Gasteiger partial charge in [0.15, 0.2) is 5.89 Å². The minimum Gasteiger partial charge on any atom is -0.457 e. The SMILES string of the molecule is CCc1nc(-c2cccc3ccccc23)c(C2c3ccccc3Oc3ccccc32)o1. The van der Waals surface area contributed by atoms with E-state index in [1.165, 1.54) is 10.8 Å². The molecule has 0 N–H and O–H groups in total. The van der Waals surface area contributed by atoms with E-state index in [-0.39, 0.29) is 5.92 Å². The van der Waals surface area contributed by atoms with Gasteiger partial charge in [-0.2, -0.15) is 0 Å². The van der Waals surface area contributed by atoms with Gasteiger partial charge >= 0.3 is 0 Å². The Hall–Kier alpha value is -3.85. The molecule has 0 spiro atoms. The molecule has 31 heavy (non-hydrogen) atoms. The molecule has 3 nitrogen and oxygen atoms in total. The number of hydrogen-bond acceptors (Lipinski definition) is 3. The fraction of sp³-hybridized carbons (Fsp3) is 0.107. The molecule has 6 rings (SSSR count). The summed E-state index contributed by atoms with van der Waals surface area (Å²) >= 11 is 0. The zero-order chi connectivity index (χ0) is 20.8. The number of fused-ring (bicyclic) bond motifs is 3. The summed E-state index contributed by atoms with van der Waals surface area (Å²) in [6.07, 6.45) is 0.740. The Morgan fingerprint density at radius 2 is 1.39 bits per heavy atom. The molecule has 0 saturated heterocycles. The number of rotatable bonds is 3. The van der Waals surface area contributed by atoms with Crippen molar-refractivity contribution >= 4 is 10.8 Å². The zero-order valence-electron chi connectivity index (χ0n) is 17.2. The van der Waals surface area contributed by atoms with Crippen LogP contribution in [0.5, 0.6) is 11.5 Å². The number of aromatic nitrogens is 1. The molecule has 0 fully saturated rings. The summed E-state index contributed by atoms with van der Waals surface area (Å²) in [7, 11) is 0. The second-order valence-corrected chi connectivity index (χ2v) is 7.81. The van der Waals surface area contributed by atoms with Gasteiger partial charge in [-0.25, -0.2) is 4.98 Å². The summed E-state index contributed by atoms with van der Waals surface area (Å²) in [5.41, 5.74) is 4.20. The molecule has 0 atom stereocenters. The number of para-hydroxylation sites is 2. The molecule has 1 aromatic heterocycles. The highest BCUT2D eigenvalue weighted by molar-refractivity contribution is 5.96. The molecular weight excluding hydrogens is 382 g/mol. The van der Waals surface area contributed by atoms with Crippen molar-refractivity contribution in [1.29, 1.82) is 0 Å². The van der Waals surface area contributed by atoms with Crippen molar-refractivity contribution in [3.63, 3.8) is 0 Å². The summed E-state index contributed by atoms with van der Waals surface area (Å²) in [5.74, 6) is 3.27. The number of oxazole rings is 1. The Balaban J connectivity index is 1.65. The predicted molar refractivity (Wildman–Crippen MR) is 123 cm³/mol. The molecule has 0 aliphatic carbocycles. The van der Waals surface area contributed by atoms with Crippen molar-refractivity contribution < 1.29 is 9.15 Å². The van der Waals surface area contributed by atoms with E-state index in [1.807, 2.05) is 24.3 Å². The Morgan fingerprint density at radius 3 is 2.13 bits per heavy atom. The number of aryl methyl sites for hydroxylation is 1. The van der Waals surface area contributed by atoms with E-state index >= 15 is 0 Å². The van der Waals surface area contributed by atoms with Crippen LogP contribution in [0.1, 0.15) is 35.6 Å². The van der Waals surface area contributed by atoms with E-state index < -0.39 is 0 Å². The van der Waals surface area contributed by atoms with E-state index in [0.717, 1.165) is 52.0 Å². The number of benzene rings is 4. The third-order valence-electron chi connectivity index (χ3n) is 5.99. The molecule has 0 unspecified atom stereocenters. The summed E-state index contributed by atoms with van der Waals surface area (Å²) in [6.45, 7) is 2.08. The average molecular weight is 403 g/mol. The van der Waals surface area contributed by atoms with E-state index in [1.54, 1.807) is 0 Å². The number of nitrogens with zero attached hydrogens (tertiary/aromatic N) is 1. The smallest absolute Gasteiger partial charge is 0.194 e. The zero-order valence-corrected chi connectivity index (χ0v) is 17.2. The Bertz CT molecular complexity index is 1370. The molecule has 5 aromatic rings.